The average molecular weight is 338 g/mol. The second kappa shape index (κ2) is 7.99. The monoisotopic (exact) mass is 337 g/mol. The Morgan fingerprint density at radius 1 is 1.43 bits per heavy atom. The topological polar surface area (TPSA) is 67.6 Å². The van der Waals surface area contributed by atoms with E-state index in [1.807, 2.05) is 31.0 Å². The van der Waals surface area contributed by atoms with E-state index in [9.17, 15) is 4.79 Å². The molecule has 0 aliphatic carbocycles. The molecule has 0 spiro atoms. The molecule has 0 saturated carbocycles. The highest BCUT2D eigenvalue weighted by Gasteiger charge is 2.19. The van der Waals surface area contributed by atoms with E-state index in [0.29, 0.717) is 24.1 Å². The molecule has 0 aliphatic heterocycles. The number of likely N-dealkylation sites (N-methyl/N-ethyl adjacent to an activating group) is 1. The Balaban J connectivity index is 1.76. The van der Waals surface area contributed by atoms with Crippen LogP contribution in [0.1, 0.15) is 12.6 Å². The smallest absolute Gasteiger partial charge is 0.243 e. The molecule has 1 heterocycles. The third kappa shape index (κ3) is 5.26. The van der Waals surface area contributed by atoms with E-state index in [0.717, 1.165) is 11.4 Å². The number of hydrogen-bond donors (Lipinski definition) is 1. The highest BCUT2D eigenvalue weighted by molar-refractivity contribution is 6.30. The first-order chi connectivity index (χ1) is 11.0. The number of carbonyl (C=O) groups is 1. The van der Waals surface area contributed by atoms with Gasteiger partial charge in [0.2, 0.25) is 11.8 Å². The Labute approximate surface area is 140 Å². The van der Waals surface area contributed by atoms with Crippen molar-refractivity contribution in [2.75, 3.05) is 25.5 Å². The first kappa shape index (κ1) is 17.3. The van der Waals surface area contributed by atoms with Crippen molar-refractivity contribution in [3.8, 4) is 5.75 Å². The number of nitrogens with one attached hydrogen (secondary N) is 1. The molecule has 7 heteroatoms. The largest absolute Gasteiger partial charge is 0.492 e. The molecule has 1 atom stereocenters. The van der Waals surface area contributed by atoms with Crippen LogP contribution in [0.2, 0.25) is 5.02 Å². The number of nitrogens with zero attached hydrogens (tertiary/aromatic N) is 2. The minimum absolute atomic E-state index is 0.157. The second-order valence-electron chi connectivity index (χ2n) is 5.28. The summed E-state index contributed by atoms with van der Waals surface area (Å²) < 4.78 is 10.6. The number of aryl methyl sites for hydroxylation is 1. The van der Waals surface area contributed by atoms with Crippen LogP contribution in [-0.4, -0.2) is 42.2 Å². The van der Waals surface area contributed by atoms with Gasteiger partial charge >= 0.3 is 0 Å². The number of rotatable bonds is 7. The molecular weight excluding hydrogens is 318 g/mol. The number of ether oxygens (including phenoxy) is 1. The Hall–Kier alpha value is -2.05. The van der Waals surface area contributed by atoms with Crippen LogP contribution in [0.15, 0.2) is 34.9 Å². The molecule has 1 aromatic heterocycles. The maximum atomic E-state index is 12.1. The van der Waals surface area contributed by atoms with Gasteiger partial charge in [-0.1, -0.05) is 16.8 Å². The van der Waals surface area contributed by atoms with E-state index in [2.05, 4.69) is 10.5 Å². The molecule has 124 valence electrons. The van der Waals surface area contributed by atoms with Crippen molar-refractivity contribution in [2.45, 2.75) is 19.9 Å². The van der Waals surface area contributed by atoms with Gasteiger partial charge < -0.3 is 9.26 Å². The van der Waals surface area contributed by atoms with Gasteiger partial charge in [-0.05, 0) is 45.2 Å². The normalized spacial score (nSPS) is 12.2. The number of halogens is 1. The molecule has 2 rings (SSSR count). The van der Waals surface area contributed by atoms with Crippen molar-refractivity contribution in [1.29, 1.82) is 0 Å². The fraction of sp³-hybridized carbons (Fsp3) is 0.375. The lowest BCUT2D eigenvalue weighted by Gasteiger charge is -2.23. The van der Waals surface area contributed by atoms with Crippen molar-refractivity contribution in [1.82, 2.24) is 10.1 Å². The predicted octanol–water partition coefficient (Wildman–Crippen LogP) is 2.97. The average Bonchev–Trinajstić information content (AvgIpc) is 2.93. The first-order valence-electron chi connectivity index (χ1n) is 7.28. The number of anilines is 1. The van der Waals surface area contributed by atoms with Crippen LogP contribution in [0.25, 0.3) is 0 Å². The molecule has 0 radical (unpaired) electrons. The molecule has 0 bridgehead atoms. The Kier molecular flexibility index (Phi) is 6.01. The molecule has 0 aliphatic rings. The summed E-state index contributed by atoms with van der Waals surface area (Å²) in [7, 11) is 1.86. The van der Waals surface area contributed by atoms with Gasteiger partial charge in [-0.3, -0.25) is 15.0 Å². The van der Waals surface area contributed by atoms with E-state index < -0.39 is 0 Å². The summed E-state index contributed by atoms with van der Waals surface area (Å²) in [6, 6.07) is 8.52. The summed E-state index contributed by atoms with van der Waals surface area (Å²) in [6.07, 6.45) is 0. The summed E-state index contributed by atoms with van der Waals surface area (Å²) in [5.74, 6) is 0.942. The molecule has 2 aromatic rings. The van der Waals surface area contributed by atoms with Gasteiger partial charge in [-0.15, -0.1) is 0 Å². The fourth-order valence-corrected chi connectivity index (χ4v) is 2.01. The molecule has 0 fully saturated rings. The van der Waals surface area contributed by atoms with E-state index in [4.69, 9.17) is 20.9 Å². The van der Waals surface area contributed by atoms with Crippen LogP contribution in [0.4, 0.5) is 5.88 Å². The minimum Gasteiger partial charge on any atom is -0.492 e. The minimum atomic E-state index is -0.325. The zero-order valence-corrected chi connectivity index (χ0v) is 14.1. The first-order valence-corrected chi connectivity index (χ1v) is 7.66. The summed E-state index contributed by atoms with van der Waals surface area (Å²) in [5.41, 5.74) is 0.720. The van der Waals surface area contributed by atoms with Crippen molar-refractivity contribution in [2.24, 2.45) is 0 Å². The molecular formula is C16H20ClN3O3. The van der Waals surface area contributed by atoms with Crippen molar-refractivity contribution < 1.29 is 14.1 Å². The maximum absolute atomic E-state index is 12.1. The summed E-state index contributed by atoms with van der Waals surface area (Å²) >= 11 is 5.82. The lowest BCUT2D eigenvalue weighted by atomic mass is 10.2. The van der Waals surface area contributed by atoms with Crippen LogP contribution in [0.3, 0.4) is 0 Å². The van der Waals surface area contributed by atoms with Gasteiger partial charge in [0.1, 0.15) is 12.4 Å². The molecule has 0 saturated heterocycles. The van der Waals surface area contributed by atoms with Gasteiger partial charge in [-0.25, -0.2) is 0 Å². The van der Waals surface area contributed by atoms with E-state index >= 15 is 0 Å². The van der Waals surface area contributed by atoms with Gasteiger partial charge in [0.05, 0.1) is 11.7 Å². The van der Waals surface area contributed by atoms with Gasteiger partial charge in [0.15, 0.2) is 0 Å². The summed E-state index contributed by atoms with van der Waals surface area (Å²) in [4.78, 5) is 14.0. The highest BCUT2D eigenvalue weighted by Crippen LogP contribution is 2.15. The zero-order chi connectivity index (χ0) is 16.8. The number of carbonyl (C=O) groups excluding carboxylic acids is 1. The Morgan fingerprint density at radius 2 is 2.13 bits per heavy atom. The van der Waals surface area contributed by atoms with Crippen molar-refractivity contribution in [3.63, 3.8) is 0 Å². The van der Waals surface area contributed by atoms with E-state index in [1.54, 1.807) is 25.1 Å². The summed E-state index contributed by atoms with van der Waals surface area (Å²) in [5, 5.41) is 7.09. The molecule has 0 unspecified atom stereocenters. The quantitative estimate of drug-likeness (QED) is 0.841. The SMILES string of the molecule is Cc1cc(NC(=O)[C@@H](C)N(C)CCOc2ccc(Cl)cc2)on1. The number of aromatic nitrogens is 1. The predicted molar refractivity (Wildman–Crippen MR) is 88.9 cm³/mol. The highest BCUT2D eigenvalue weighted by atomic mass is 35.5. The van der Waals surface area contributed by atoms with Crippen molar-refractivity contribution in [3.05, 3.63) is 41.0 Å². The van der Waals surface area contributed by atoms with E-state index in [-0.39, 0.29) is 11.9 Å². The van der Waals surface area contributed by atoms with Crippen molar-refractivity contribution >= 4 is 23.4 Å². The molecule has 1 aromatic carbocycles. The third-order valence-electron chi connectivity index (χ3n) is 3.44. The van der Waals surface area contributed by atoms with E-state index in [1.165, 1.54) is 0 Å². The van der Waals surface area contributed by atoms with Gasteiger partial charge in [0, 0.05) is 17.6 Å². The lowest BCUT2D eigenvalue weighted by molar-refractivity contribution is -0.120. The second-order valence-corrected chi connectivity index (χ2v) is 5.72. The zero-order valence-electron chi connectivity index (χ0n) is 13.4. The number of benzene rings is 1. The standard InChI is InChI=1S/C16H20ClN3O3/c1-11-10-15(23-19-11)18-16(21)12(2)20(3)8-9-22-14-6-4-13(17)5-7-14/h4-7,10,12H,8-9H2,1-3H3,(H,18,21)/t12-/m1/s1. The molecule has 1 N–H and O–H groups in total. The van der Waals surface area contributed by atoms with Gasteiger partial charge in [0.25, 0.3) is 0 Å². The maximum Gasteiger partial charge on any atom is 0.243 e. The molecule has 23 heavy (non-hydrogen) atoms. The van der Waals surface area contributed by atoms with Crippen LogP contribution in [0, 0.1) is 6.92 Å². The fourth-order valence-electron chi connectivity index (χ4n) is 1.88. The number of amides is 1. The van der Waals surface area contributed by atoms with Crippen LogP contribution in [-0.2, 0) is 4.79 Å². The number of hydrogen-bond acceptors (Lipinski definition) is 5. The Morgan fingerprint density at radius 3 is 2.74 bits per heavy atom. The molecule has 1 amide bonds. The Bertz CT molecular complexity index is 642. The third-order valence-corrected chi connectivity index (χ3v) is 3.69. The molecule has 6 nitrogen and oxygen atoms in total. The van der Waals surface area contributed by atoms with Crippen LogP contribution < -0.4 is 10.1 Å². The van der Waals surface area contributed by atoms with Crippen LogP contribution >= 0.6 is 11.6 Å². The summed E-state index contributed by atoms with van der Waals surface area (Å²) in [6.45, 7) is 4.69. The van der Waals surface area contributed by atoms with Crippen LogP contribution in [0.5, 0.6) is 5.75 Å². The lowest BCUT2D eigenvalue weighted by Crippen LogP contribution is -2.41. The van der Waals surface area contributed by atoms with Gasteiger partial charge in [-0.2, -0.15) is 0 Å².